The summed E-state index contributed by atoms with van der Waals surface area (Å²) in [7, 11) is 0. The van der Waals surface area contributed by atoms with E-state index in [1.165, 1.54) is 0 Å². The number of Topliss-reactive ketones (excluding diaryl/α,β-unsaturated/α-hetero) is 1. The summed E-state index contributed by atoms with van der Waals surface area (Å²) in [5, 5.41) is 0. The third-order valence-electron chi connectivity index (χ3n) is 2.63. The van der Waals surface area contributed by atoms with Crippen LogP contribution in [0.3, 0.4) is 0 Å². The first-order valence-corrected chi connectivity index (χ1v) is 5.47. The molecule has 0 aromatic carbocycles. The van der Waals surface area contributed by atoms with Gasteiger partial charge < -0.3 is 14.4 Å². The van der Waals surface area contributed by atoms with Crippen LogP contribution in [0.2, 0.25) is 0 Å². The van der Waals surface area contributed by atoms with E-state index in [-0.39, 0.29) is 17.6 Å². The average molecular weight is 213 g/mol. The minimum atomic E-state index is 0.0461. The van der Waals surface area contributed by atoms with E-state index in [1.807, 2.05) is 6.92 Å². The highest BCUT2D eigenvalue weighted by atomic mass is 16.5. The summed E-state index contributed by atoms with van der Waals surface area (Å²) < 4.78 is 5.33. The quantitative estimate of drug-likeness (QED) is 0.705. The lowest BCUT2D eigenvalue weighted by atomic mass is 10.1. The minimum Gasteiger partial charge on any atom is -0.361 e. The summed E-state index contributed by atoms with van der Waals surface area (Å²) in [4.78, 5) is 24.3. The first-order chi connectivity index (χ1) is 7.11. The van der Waals surface area contributed by atoms with Gasteiger partial charge in [-0.3, -0.25) is 4.79 Å². The zero-order valence-corrected chi connectivity index (χ0v) is 9.49. The molecule has 0 aromatic heterocycles. The fourth-order valence-corrected chi connectivity index (χ4v) is 1.63. The Bertz CT molecular complexity index is 240. The minimum absolute atomic E-state index is 0.0461. The van der Waals surface area contributed by atoms with Gasteiger partial charge in [-0.1, -0.05) is 6.92 Å². The molecule has 1 aliphatic rings. The second-order valence-electron chi connectivity index (χ2n) is 4.13. The van der Waals surface area contributed by atoms with E-state index < -0.39 is 0 Å². The van der Waals surface area contributed by atoms with Crippen molar-refractivity contribution in [3.8, 4) is 0 Å². The molecule has 0 N–H and O–H groups in total. The van der Waals surface area contributed by atoms with E-state index in [0.717, 1.165) is 12.8 Å². The van der Waals surface area contributed by atoms with Crippen LogP contribution >= 0.6 is 0 Å². The molecular formula is C11H19NO3. The number of ketones is 1. The molecule has 1 amide bonds. The van der Waals surface area contributed by atoms with Gasteiger partial charge in [0.25, 0.3) is 0 Å². The van der Waals surface area contributed by atoms with Gasteiger partial charge in [0.05, 0.1) is 0 Å². The molecule has 15 heavy (non-hydrogen) atoms. The largest absolute Gasteiger partial charge is 0.361 e. The van der Waals surface area contributed by atoms with E-state index in [9.17, 15) is 9.59 Å². The lowest BCUT2D eigenvalue weighted by Crippen LogP contribution is -2.35. The number of carbonyl (C=O) groups is 2. The van der Waals surface area contributed by atoms with Crippen molar-refractivity contribution in [3.05, 3.63) is 0 Å². The molecule has 0 aromatic rings. The van der Waals surface area contributed by atoms with Crippen molar-refractivity contribution in [2.75, 3.05) is 19.9 Å². The molecule has 1 atom stereocenters. The van der Waals surface area contributed by atoms with Crippen molar-refractivity contribution in [3.63, 3.8) is 0 Å². The molecule has 0 bridgehead atoms. The molecule has 1 rings (SSSR count). The fourth-order valence-electron chi connectivity index (χ4n) is 1.63. The first-order valence-electron chi connectivity index (χ1n) is 5.47. The maximum absolute atomic E-state index is 11.8. The van der Waals surface area contributed by atoms with Crippen molar-refractivity contribution >= 4 is 11.7 Å². The van der Waals surface area contributed by atoms with Crippen LogP contribution in [0, 0.1) is 5.92 Å². The highest BCUT2D eigenvalue weighted by Gasteiger charge is 2.23. The molecule has 1 unspecified atom stereocenters. The van der Waals surface area contributed by atoms with Gasteiger partial charge >= 0.3 is 0 Å². The zero-order valence-electron chi connectivity index (χ0n) is 9.49. The molecule has 0 radical (unpaired) electrons. The molecule has 0 saturated carbocycles. The topological polar surface area (TPSA) is 46.6 Å². The maximum Gasteiger partial charge on any atom is 0.227 e. The fraction of sp³-hybridized carbons (Fsp3) is 0.818. The van der Waals surface area contributed by atoms with Gasteiger partial charge in [0, 0.05) is 25.5 Å². The van der Waals surface area contributed by atoms with Crippen molar-refractivity contribution in [2.45, 2.75) is 33.1 Å². The zero-order chi connectivity index (χ0) is 11.3. The molecule has 4 heteroatoms. The molecule has 4 nitrogen and oxygen atoms in total. The third-order valence-corrected chi connectivity index (χ3v) is 2.63. The summed E-state index contributed by atoms with van der Waals surface area (Å²) in [6.07, 6.45) is 2.07. The Kier molecular flexibility index (Phi) is 4.75. The number of hydrogen-bond acceptors (Lipinski definition) is 3. The Morgan fingerprint density at radius 1 is 1.60 bits per heavy atom. The van der Waals surface area contributed by atoms with Crippen molar-refractivity contribution < 1.29 is 14.3 Å². The predicted octanol–water partition coefficient (Wildman–Crippen LogP) is 1.20. The molecule has 0 aliphatic carbocycles. The lowest BCUT2D eigenvalue weighted by Gasteiger charge is -2.21. The Labute approximate surface area is 90.6 Å². The van der Waals surface area contributed by atoms with E-state index >= 15 is 0 Å². The summed E-state index contributed by atoms with van der Waals surface area (Å²) in [5.41, 5.74) is 0. The van der Waals surface area contributed by atoms with Crippen LogP contribution in [0.5, 0.6) is 0 Å². The van der Waals surface area contributed by atoms with Gasteiger partial charge in [-0.2, -0.15) is 0 Å². The van der Waals surface area contributed by atoms with E-state index in [0.29, 0.717) is 26.3 Å². The van der Waals surface area contributed by atoms with Crippen LogP contribution in [0.4, 0.5) is 0 Å². The predicted molar refractivity (Wildman–Crippen MR) is 56.2 cm³/mol. The summed E-state index contributed by atoms with van der Waals surface area (Å²) in [6, 6.07) is 0. The lowest BCUT2D eigenvalue weighted by molar-refractivity contribution is -0.137. The van der Waals surface area contributed by atoms with Crippen LogP contribution < -0.4 is 0 Å². The van der Waals surface area contributed by atoms with Crippen molar-refractivity contribution in [1.82, 2.24) is 4.90 Å². The Morgan fingerprint density at radius 3 is 3.00 bits per heavy atom. The number of ether oxygens (including phenoxy) is 1. The number of hydrogen-bond donors (Lipinski definition) is 0. The SMILES string of the molecule is CC(=O)CCCN1COCCC(C)C1=O. The van der Waals surface area contributed by atoms with Gasteiger partial charge in [-0.25, -0.2) is 0 Å². The van der Waals surface area contributed by atoms with Crippen LogP contribution in [-0.2, 0) is 14.3 Å². The highest BCUT2D eigenvalue weighted by molar-refractivity contribution is 5.78. The van der Waals surface area contributed by atoms with Gasteiger partial charge in [0.1, 0.15) is 12.5 Å². The molecule has 1 heterocycles. The van der Waals surface area contributed by atoms with Gasteiger partial charge in [0.15, 0.2) is 0 Å². The number of nitrogens with zero attached hydrogens (tertiary/aromatic N) is 1. The van der Waals surface area contributed by atoms with E-state index in [2.05, 4.69) is 0 Å². The van der Waals surface area contributed by atoms with E-state index in [4.69, 9.17) is 4.74 Å². The van der Waals surface area contributed by atoms with Crippen LogP contribution in [0.15, 0.2) is 0 Å². The molecule has 1 aliphatic heterocycles. The molecule has 1 saturated heterocycles. The third kappa shape index (κ3) is 4.00. The normalized spacial score (nSPS) is 22.7. The summed E-state index contributed by atoms with van der Waals surface area (Å²) in [6.45, 7) is 5.15. The molecule has 86 valence electrons. The number of rotatable bonds is 4. The second-order valence-corrected chi connectivity index (χ2v) is 4.13. The van der Waals surface area contributed by atoms with E-state index in [1.54, 1.807) is 11.8 Å². The van der Waals surface area contributed by atoms with Crippen molar-refractivity contribution in [2.24, 2.45) is 5.92 Å². The van der Waals surface area contributed by atoms with Gasteiger partial charge in [-0.15, -0.1) is 0 Å². The smallest absolute Gasteiger partial charge is 0.227 e. The molecule has 1 fully saturated rings. The molecular weight excluding hydrogens is 194 g/mol. The standard InChI is InChI=1S/C11H19NO3/c1-9-5-7-15-8-12(11(9)14)6-3-4-10(2)13/h9H,3-8H2,1-2H3. The van der Waals surface area contributed by atoms with Crippen LogP contribution in [0.25, 0.3) is 0 Å². The van der Waals surface area contributed by atoms with Gasteiger partial charge in [-0.05, 0) is 19.8 Å². The Morgan fingerprint density at radius 2 is 2.33 bits per heavy atom. The second kappa shape index (κ2) is 5.85. The maximum atomic E-state index is 11.8. The Hall–Kier alpha value is -0.900. The van der Waals surface area contributed by atoms with Gasteiger partial charge in [0.2, 0.25) is 5.91 Å². The van der Waals surface area contributed by atoms with Crippen molar-refractivity contribution in [1.29, 1.82) is 0 Å². The summed E-state index contributed by atoms with van der Waals surface area (Å²) >= 11 is 0. The number of carbonyl (C=O) groups excluding carboxylic acids is 2. The van der Waals surface area contributed by atoms with Crippen LogP contribution in [-0.4, -0.2) is 36.5 Å². The number of amides is 1. The Balaban J connectivity index is 2.37. The highest BCUT2D eigenvalue weighted by Crippen LogP contribution is 2.12. The summed E-state index contributed by atoms with van der Waals surface area (Å²) in [5.74, 6) is 0.368. The first kappa shape index (κ1) is 12.2. The average Bonchev–Trinajstić information content (AvgIpc) is 2.32. The van der Waals surface area contributed by atoms with Crippen LogP contribution in [0.1, 0.15) is 33.1 Å². The molecule has 0 spiro atoms. The monoisotopic (exact) mass is 213 g/mol.